The lowest BCUT2D eigenvalue weighted by molar-refractivity contribution is -0.137. The van der Waals surface area contributed by atoms with Crippen molar-refractivity contribution in [1.82, 2.24) is 9.55 Å². The van der Waals surface area contributed by atoms with E-state index in [9.17, 15) is 22.8 Å². The van der Waals surface area contributed by atoms with Crippen LogP contribution in [0, 0.1) is 20.8 Å². The second-order valence-electron chi connectivity index (χ2n) is 8.91. The summed E-state index contributed by atoms with van der Waals surface area (Å²) >= 11 is 8.52. The molecule has 0 radical (unpaired) electrons. The number of aryl methyl sites for hydroxylation is 4. The summed E-state index contributed by atoms with van der Waals surface area (Å²) in [6.45, 7) is 7.92. The van der Waals surface area contributed by atoms with Gasteiger partial charge in [-0.15, -0.1) is 11.3 Å². The van der Waals surface area contributed by atoms with E-state index in [4.69, 9.17) is 16.6 Å². The number of hydrogen-bond acceptors (Lipinski definition) is 5. The van der Waals surface area contributed by atoms with Crippen LogP contribution in [-0.4, -0.2) is 21.2 Å². The molecule has 2 aromatic heterocycles. The Morgan fingerprint density at radius 2 is 1.87 bits per heavy atom. The smallest absolute Gasteiger partial charge is 0.324 e. The SMILES string of the molecule is CCCc1sc2nc(SCC(=O)Nc3cc(C(F)(F)F)ccc3Cl)n(-c3ccc(C)c(C)c3)c(=O)c2c1C. The van der Waals surface area contributed by atoms with Gasteiger partial charge in [-0.25, -0.2) is 4.98 Å². The Bertz CT molecular complexity index is 1600. The molecule has 0 spiro atoms. The number of rotatable bonds is 7. The molecule has 0 aliphatic rings. The summed E-state index contributed by atoms with van der Waals surface area (Å²) in [5.74, 6) is -0.770. The maximum atomic E-state index is 13.8. The first-order valence-electron chi connectivity index (χ1n) is 11.8. The molecule has 38 heavy (non-hydrogen) atoms. The largest absolute Gasteiger partial charge is 0.416 e. The fourth-order valence-corrected chi connectivity index (χ4v) is 6.28. The van der Waals surface area contributed by atoms with Gasteiger partial charge in [0.1, 0.15) is 4.83 Å². The molecule has 0 bridgehead atoms. The van der Waals surface area contributed by atoms with Crippen LogP contribution in [0.3, 0.4) is 0 Å². The molecule has 2 aromatic carbocycles. The fourth-order valence-electron chi connectivity index (χ4n) is 3.98. The van der Waals surface area contributed by atoms with Crippen molar-refractivity contribution in [2.24, 2.45) is 0 Å². The monoisotopic (exact) mass is 579 g/mol. The zero-order chi connectivity index (χ0) is 27.8. The summed E-state index contributed by atoms with van der Waals surface area (Å²) < 4.78 is 40.8. The zero-order valence-electron chi connectivity index (χ0n) is 21.1. The van der Waals surface area contributed by atoms with Crippen molar-refractivity contribution in [1.29, 1.82) is 0 Å². The molecule has 200 valence electrons. The summed E-state index contributed by atoms with van der Waals surface area (Å²) in [5, 5.41) is 3.31. The van der Waals surface area contributed by atoms with Gasteiger partial charge in [-0.2, -0.15) is 13.2 Å². The number of nitrogens with one attached hydrogen (secondary N) is 1. The highest BCUT2D eigenvalue weighted by atomic mass is 35.5. The fraction of sp³-hybridized carbons (Fsp3) is 0.296. The molecule has 4 rings (SSSR count). The average molecular weight is 580 g/mol. The Kier molecular flexibility index (Phi) is 8.25. The van der Waals surface area contributed by atoms with Crippen molar-refractivity contribution >= 4 is 56.5 Å². The van der Waals surface area contributed by atoms with E-state index < -0.39 is 17.6 Å². The summed E-state index contributed by atoms with van der Waals surface area (Å²) in [4.78, 5) is 33.0. The van der Waals surface area contributed by atoms with E-state index in [1.807, 2.05) is 39.0 Å². The Morgan fingerprint density at radius 3 is 2.53 bits per heavy atom. The van der Waals surface area contributed by atoms with Gasteiger partial charge >= 0.3 is 6.18 Å². The van der Waals surface area contributed by atoms with E-state index in [2.05, 4.69) is 12.2 Å². The molecule has 1 amide bonds. The summed E-state index contributed by atoms with van der Waals surface area (Å²) in [7, 11) is 0. The molecule has 2 heterocycles. The van der Waals surface area contributed by atoms with Crippen LogP contribution in [0.2, 0.25) is 5.02 Å². The second-order valence-corrected chi connectivity index (χ2v) is 11.3. The van der Waals surface area contributed by atoms with E-state index in [1.165, 1.54) is 15.9 Å². The lowest BCUT2D eigenvalue weighted by Crippen LogP contribution is -2.23. The molecular weight excluding hydrogens is 555 g/mol. The minimum absolute atomic E-state index is 0.0135. The predicted molar refractivity (Wildman–Crippen MR) is 149 cm³/mol. The molecule has 0 atom stereocenters. The molecule has 0 aliphatic carbocycles. The number of amides is 1. The molecule has 5 nitrogen and oxygen atoms in total. The Labute approximate surface area is 231 Å². The Hall–Kier alpha value is -2.82. The molecular formula is C27H25ClF3N3O2S2. The topological polar surface area (TPSA) is 64.0 Å². The average Bonchev–Trinajstić information content (AvgIpc) is 3.16. The van der Waals surface area contributed by atoms with E-state index in [1.54, 1.807) is 0 Å². The molecule has 1 N–H and O–H groups in total. The number of aromatic nitrogens is 2. The molecule has 0 saturated heterocycles. The number of benzene rings is 2. The third kappa shape index (κ3) is 5.77. The lowest BCUT2D eigenvalue weighted by atomic mass is 10.1. The standard InChI is InChI=1S/C27H25ClF3N3O2S2/c1-5-6-21-16(4)23-24(38-21)33-26(34(25(23)36)18-9-7-14(2)15(3)11-18)37-13-22(35)32-20-12-17(27(29,30)31)8-10-19(20)28/h7-12H,5-6,13H2,1-4H3,(H,32,35). The number of halogens is 4. The summed E-state index contributed by atoms with van der Waals surface area (Å²) in [6.07, 6.45) is -2.81. The molecule has 0 aliphatic heterocycles. The number of fused-ring (bicyclic) bond motifs is 1. The number of nitrogens with zero attached hydrogens (tertiary/aromatic N) is 2. The van der Waals surface area contributed by atoms with Crippen LogP contribution in [0.25, 0.3) is 15.9 Å². The molecule has 0 saturated carbocycles. The van der Waals surface area contributed by atoms with Crippen molar-refractivity contribution in [3.05, 3.63) is 78.9 Å². The van der Waals surface area contributed by atoms with Crippen molar-refractivity contribution < 1.29 is 18.0 Å². The first-order valence-corrected chi connectivity index (χ1v) is 14.0. The summed E-state index contributed by atoms with van der Waals surface area (Å²) in [5.41, 5.74) is 2.32. The number of thioether (sulfide) groups is 1. The number of thiophene rings is 1. The van der Waals surface area contributed by atoms with Crippen LogP contribution in [0.15, 0.2) is 46.3 Å². The van der Waals surface area contributed by atoms with Crippen molar-refractivity contribution in [2.45, 2.75) is 51.9 Å². The molecule has 0 fully saturated rings. The Balaban J connectivity index is 1.71. The van der Waals surface area contributed by atoms with Crippen molar-refractivity contribution in [2.75, 3.05) is 11.1 Å². The third-order valence-corrected chi connectivity index (χ3v) is 8.67. The number of carbonyl (C=O) groups excluding carboxylic acids is 1. The first-order chi connectivity index (χ1) is 17.9. The van der Waals surface area contributed by atoms with Gasteiger partial charge in [-0.05, 0) is 74.2 Å². The lowest BCUT2D eigenvalue weighted by Gasteiger charge is -2.14. The minimum atomic E-state index is -4.57. The van der Waals surface area contributed by atoms with Gasteiger partial charge in [0.25, 0.3) is 5.56 Å². The van der Waals surface area contributed by atoms with E-state index in [-0.39, 0.29) is 22.0 Å². The van der Waals surface area contributed by atoms with Crippen LogP contribution >= 0.6 is 34.7 Å². The van der Waals surface area contributed by atoms with E-state index in [0.717, 1.165) is 64.4 Å². The number of carbonyl (C=O) groups is 1. The van der Waals surface area contributed by atoms with Crippen LogP contribution in [-0.2, 0) is 17.4 Å². The van der Waals surface area contributed by atoms with Gasteiger partial charge in [0.15, 0.2) is 5.16 Å². The Morgan fingerprint density at radius 1 is 1.13 bits per heavy atom. The normalized spacial score (nSPS) is 11.8. The van der Waals surface area contributed by atoms with Gasteiger partial charge in [0.2, 0.25) is 5.91 Å². The predicted octanol–water partition coefficient (Wildman–Crippen LogP) is 7.73. The first kappa shape index (κ1) is 28.2. The van der Waals surface area contributed by atoms with Crippen LogP contribution in [0.1, 0.15) is 40.5 Å². The quantitative estimate of drug-likeness (QED) is 0.180. The maximum Gasteiger partial charge on any atom is 0.416 e. The van der Waals surface area contributed by atoms with Crippen molar-refractivity contribution in [3.63, 3.8) is 0 Å². The van der Waals surface area contributed by atoms with Gasteiger partial charge in [0.05, 0.1) is 33.1 Å². The third-order valence-electron chi connectivity index (χ3n) is 6.16. The van der Waals surface area contributed by atoms with Gasteiger partial charge in [0, 0.05) is 4.88 Å². The molecule has 0 unspecified atom stereocenters. The minimum Gasteiger partial charge on any atom is -0.324 e. The highest BCUT2D eigenvalue weighted by Crippen LogP contribution is 2.34. The second kappa shape index (κ2) is 11.1. The van der Waals surface area contributed by atoms with Gasteiger partial charge in [-0.3, -0.25) is 14.2 Å². The van der Waals surface area contributed by atoms with Crippen LogP contribution in [0.4, 0.5) is 18.9 Å². The number of hydrogen-bond donors (Lipinski definition) is 1. The number of alkyl halides is 3. The molecule has 4 aromatic rings. The van der Waals surface area contributed by atoms with Gasteiger partial charge < -0.3 is 5.32 Å². The van der Waals surface area contributed by atoms with Crippen LogP contribution in [0.5, 0.6) is 0 Å². The van der Waals surface area contributed by atoms with E-state index in [0.29, 0.717) is 21.1 Å². The van der Waals surface area contributed by atoms with E-state index >= 15 is 0 Å². The highest BCUT2D eigenvalue weighted by Gasteiger charge is 2.31. The maximum absolute atomic E-state index is 13.8. The van der Waals surface area contributed by atoms with Crippen LogP contribution < -0.4 is 10.9 Å². The molecule has 11 heteroatoms. The van der Waals surface area contributed by atoms with Crippen molar-refractivity contribution in [3.8, 4) is 5.69 Å². The number of anilines is 1. The summed E-state index contributed by atoms with van der Waals surface area (Å²) in [6, 6.07) is 8.38. The highest BCUT2D eigenvalue weighted by molar-refractivity contribution is 7.99. The van der Waals surface area contributed by atoms with Gasteiger partial charge in [-0.1, -0.05) is 42.8 Å². The zero-order valence-corrected chi connectivity index (χ0v) is 23.5.